The molecule has 0 unspecified atom stereocenters. The highest BCUT2D eigenvalue weighted by atomic mass is 35.5. The molecule has 1 aromatic rings. The van der Waals surface area contributed by atoms with E-state index in [1.54, 1.807) is 0 Å². The van der Waals surface area contributed by atoms with Crippen molar-refractivity contribution in [1.29, 1.82) is 0 Å². The Morgan fingerprint density at radius 2 is 2.04 bits per heavy atom. The van der Waals surface area contributed by atoms with Crippen LogP contribution in [0.25, 0.3) is 0 Å². The molecule has 0 radical (unpaired) electrons. The second kappa shape index (κ2) is 8.34. The van der Waals surface area contributed by atoms with Gasteiger partial charge in [-0.25, -0.2) is 0 Å². The number of nitrogens with zero attached hydrogens (tertiary/aromatic N) is 3. The van der Waals surface area contributed by atoms with E-state index in [0.717, 1.165) is 19.0 Å². The number of amides is 1. The van der Waals surface area contributed by atoms with Crippen LogP contribution in [0.1, 0.15) is 50.5 Å². The summed E-state index contributed by atoms with van der Waals surface area (Å²) in [6, 6.07) is 0.431. The smallest absolute Gasteiger partial charge is 0.227 e. The number of carbonyl (C=O) groups is 1. The summed E-state index contributed by atoms with van der Waals surface area (Å²) in [4.78, 5) is 15.1. The van der Waals surface area contributed by atoms with E-state index < -0.39 is 0 Å². The lowest BCUT2D eigenvalue weighted by molar-refractivity contribution is -0.136. The summed E-state index contributed by atoms with van der Waals surface area (Å²) < 4.78 is 1.82. The van der Waals surface area contributed by atoms with Crippen LogP contribution in [-0.2, 0) is 11.8 Å². The third kappa shape index (κ3) is 3.94. The molecular weight excluding hydrogens is 324 g/mol. The first-order valence-electron chi connectivity index (χ1n) is 9.06. The van der Waals surface area contributed by atoms with Crippen LogP contribution in [0.2, 0.25) is 0 Å². The molecule has 2 aliphatic rings. The predicted molar refractivity (Wildman–Crippen MR) is 98.4 cm³/mol. The third-order valence-electron chi connectivity index (χ3n) is 5.97. The molecule has 2 atom stereocenters. The van der Waals surface area contributed by atoms with Gasteiger partial charge >= 0.3 is 0 Å². The van der Waals surface area contributed by atoms with E-state index in [2.05, 4.69) is 17.3 Å². The van der Waals surface area contributed by atoms with Crippen LogP contribution in [-0.4, -0.2) is 46.8 Å². The zero-order valence-electron chi connectivity index (χ0n) is 15.1. The fraction of sp³-hybridized carbons (Fsp3) is 0.778. The lowest BCUT2D eigenvalue weighted by Crippen LogP contribution is -2.44. The van der Waals surface area contributed by atoms with Gasteiger partial charge in [-0.15, -0.1) is 12.4 Å². The molecule has 0 spiro atoms. The van der Waals surface area contributed by atoms with Crippen LogP contribution < -0.4 is 5.32 Å². The highest BCUT2D eigenvalue weighted by molar-refractivity contribution is 5.85. The second-order valence-electron chi connectivity index (χ2n) is 7.35. The monoisotopic (exact) mass is 354 g/mol. The number of carbonyl (C=O) groups excluding carboxylic acids is 1. The molecule has 0 bridgehead atoms. The number of rotatable bonds is 4. The van der Waals surface area contributed by atoms with Gasteiger partial charge in [0.2, 0.25) is 5.91 Å². The van der Waals surface area contributed by atoms with Crippen molar-refractivity contribution in [2.45, 2.75) is 51.0 Å². The Hall–Kier alpha value is -1.07. The molecule has 3 rings (SSSR count). The van der Waals surface area contributed by atoms with E-state index in [1.165, 1.54) is 37.7 Å². The summed E-state index contributed by atoms with van der Waals surface area (Å²) in [6.45, 7) is 3.94. The summed E-state index contributed by atoms with van der Waals surface area (Å²) in [6.07, 6.45) is 10.1. The first-order chi connectivity index (χ1) is 11.1. The Labute approximate surface area is 151 Å². The van der Waals surface area contributed by atoms with Gasteiger partial charge in [-0.2, -0.15) is 5.10 Å². The summed E-state index contributed by atoms with van der Waals surface area (Å²) >= 11 is 0. The second-order valence-corrected chi connectivity index (χ2v) is 7.35. The zero-order chi connectivity index (χ0) is 16.4. The maximum Gasteiger partial charge on any atom is 0.227 e. The van der Waals surface area contributed by atoms with Gasteiger partial charge in [-0.1, -0.05) is 13.3 Å². The van der Waals surface area contributed by atoms with Crippen LogP contribution in [0.5, 0.6) is 0 Å². The minimum Gasteiger partial charge on any atom is -0.342 e. The Morgan fingerprint density at radius 1 is 1.33 bits per heavy atom. The van der Waals surface area contributed by atoms with Crippen molar-refractivity contribution in [3.8, 4) is 0 Å². The third-order valence-corrected chi connectivity index (χ3v) is 5.97. The quantitative estimate of drug-likeness (QED) is 0.904. The molecule has 1 N–H and O–H groups in total. The number of halogens is 1. The summed E-state index contributed by atoms with van der Waals surface area (Å²) in [5.74, 6) is 1.48. The fourth-order valence-electron chi connectivity index (χ4n) is 4.30. The number of hydrogen-bond donors (Lipinski definition) is 1. The van der Waals surface area contributed by atoms with E-state index in [4.69, 9.17) is 0 Å². The van der Waals surface area contributed by atoms with E-state index in [0.29, 0.717) is 11.9 Å². The molecule has 136 valence electrons. The average Bonchev–Trinajstić information content (AvgIpc) is 3.22. The SMILES string of the molecule is CCC1CCC(N(C)C(=O)[C@H]2CNC[C@@H]2c2cnn(C)c2)CC1.Cl. The number of aryl methyl sites for hydroxylation is 1. The average molecular weight is 355 g/mol. The van der Waals surface area contributed by atoms with E-state index >= 15 is 0 Å². The van der Waals surface area contributed by atoms with Crippen molar-refractivity contribution in [3.05, 3.63) is 18.0 Å². The van der Waals surface area contributed by atoms with Crippen LogP contribution in [0.15, 0.2) is 12.4 Å². The highest BCUT2D eigenvalue weighted by Gasteiger charge is 2.38. The number of aromatic nitrogens is 2. The topological polar surface area (TPSA) is 50.2 Å². The summed E-state index contributed by atoms with van der Waals surface area (Å²) in [5.41, 5.74) is 1.18. The normalized spacial score (nSPS) is 30.0. The summed E-state index contributed by atoms with van der Waals surface area (Å²) in [7, 11) is 3.94. The fourth-order valence-corrected chi connectivity index (χ4v) is 4.30. The highest BCUT2D eigenvalue weighted by Crippen LogP contribution is 2.33. The van der Waals surface area contributed by atoms with Crippen LogP contribution in [0.3, 0.4) is 0 Å². The maximum atomic E-state index is 13.0. The molecule has 6 heteroatoms. The van der Waals surface area contributed by atoms with Crippen LogP contribution in [0.4, 0.5) is 0 Å². The molecule has 1 aliphatic heterocycles. The van der Waals surface area contributed by atoms with Gasteiger partial charge in [0.15, 0.2) is 0 Å². The van der Waals surface area contributed by atoms with Crippen molar-refractivity contribution >= 4 is 18.3 Å². The molecule has 5 nitrogen and oxygen atoms in total. The first kappa shape index (κ1) is 19.3. The molecule has 1 saturated carbocycles. The van der Waals surface area contributed by atoms with E-state index in [-0.39, 0.29) is 24.2 Å². The van der Waals surface area contributed by atoms with Crippen molar-refractivity contribution < 1.29 is 4.79 Å². The molecule has 1 aliphatic carbocycles. The van der Waals surface area contributed by atoms with Gasteiger partial charge in [-0.05, 0) is 37.2 Å². The number of nitrogens with one attached hydrogen (secondary N) is 1. The Kier molecular flexibility index (Phi) is 6.70. The lowest BCUT2D eigenvalue weighted by Gasteiger charge is -2.36. The molecule has 1 aromatic heterocycles. The van der Waals surface area contributed by atoms with Gasteiger partial charge in [0.05, 0.1) is 12.1 Å². The maximum absolute atomic E-state index is 13.0. The molecular formula is C18H31ClN4O. The molecule has 1 amide bonds. The summed E-state index contributed by atoms with van der Waals surface area (Å²) in [5, 5.41) is 7.67. The van der Waals surface area contributed by atoms with Crippen molar-refractivity contribution in [2.24, 2.45) is 18.9 Å². The molecule has 0 aromatic carbocycles. The van der Waals surface area contributed by atoms with Gasteiger partial charge in [0.25, 0.3) is 0 Å². The molecule has 2 fully saturated rings. The molecule has 24 heavy (non-hydrogen) atoms. The van der Waals surface area contributed by atoms with E-state index in [9.17, 15) is 4.79 Å². The van der Waals surface area contributed by atoms with Crippen LogP contribution in [0, 0.1) is 11.8 Å². The van der Waals surface area contributed by atoms with Gasteiger partial charge < -0.3 is 10.2 Å². The Morgan fingerprint density at radius 3 is 2.62 bits per heavy atom. The number of hydrogen-bond acceptors (Lipinski definition) is 3. The van der Waals surface area contributed by atoms with Gasteiger partial charge in [0.1, 0.15) is 0 Å². The largest absolute Gasteiger partial charge is 0.342 e. The van der Waals surface area contributed by atoms with Crippen molar-refractivity contribution in [3.63, 3.8) is 0 Å². The molecule has 1 saturated heterocycles. The zero-order valence-corrected chi connectivity index (χ0v) is 15.9. The van der Waals surface area contributed by atoms with Gasteiger partial charge in [0, 0.05) is 45.3 Å². The van der Waals surface area contributed by atoms with Crippen LogP contribution >= 0.6 is 12.4 Å². The Bertz CT molecular complexity index is 539. The van der Waals surface area contributed by atoms with Crippen molar-refractivity contribution in [1.82, 2.24) is 20.0 Å². The first-order valence-corrected chi connectivity index (χ1v) is 9.06. The van der Waals surface area contributed by atoms with E-state index in [1.807, 2.05) is 36.1 Å². The van der Waals surface area contributed by atoms with Crippen molar-refractivity contribution in [2.75, 3.05) is 20.1 Å². The predicted octanol–water partition coefficient (Wildman–Crippen LogP) is 2.57. The molecule has 2 heterocycles. The standard InChI is InChI=1S/C18H30N4O.ClH/c1-4-13-5-7-15(8-6-13)22(3)18(23)17-11-19-10-16(17)14-9-20-21(2)12-14;/h9,12-13,15-17,19H,4-8,10-11H2,1-3H3;1H/t13?,15?,16-,17+;/m1./s1. The Balaban J connectivity index is 0.00000208. The minimum atomic E-state index is 0. The minimum absolute atomic E-state index is 0. The van der Waals surface area contributed by atoms with Gasteiger partial charge in [-0.3, -0.25) is 9.48 Å². The lowest BCUT2D eigenvalue weighted by atomic mass is 9.83.